The van der Waals surface area contributed by atoms with Gasteiger partial charge in [-0.2, -0.15) is 0 Å². The van der Waals surface area contributed by atoms with E-state index in [4.69, 9.17) is 21.6 Å². The molecule has 4 N–H and O–H groups in total. The molecular weight excluding hydrogens is 456 g/mol. The van der Waals surface area contributed by atoms with Crippen LogP contribution in [0.4, 0.5) is 11.5 Å². The Labute approximate surface area is 209 Å². The van der Waals surface area contributed by atoms with Crippen LogP contribution in [0.3, 0.4) is 0 Å². The van der Waals surface area contributed by atoms with E-state index in [1.807, 2.05) is 53.9 Å². The maximum Gasteiger partial charge on any atom is 0.251 e. The fourth-order valence-electron chi connectivity index (χ4n) is 3.72. The number of fused-ring (bicyclic) bond motifs is 1. The van der Waals surface area contributed by atoms with Crippen LogP contribution in [0.1, 0.15) is 15.9 Å². The summed E-state index contributed by atoms with van der Waals surface area (Å²) in [7, 11) is 0. The van der Waals surface area contributed by atoms with E-state index in [1.54, 1.807) is 18.5 Å². The fourth-order valence-corrected chi connectivity index (χ4v) is 3.72. The van der Waals surface area contributed by atoms with Gasteiger partial charge in [-0.15, -0.1) is 6.42 Å². The van der Waals surface area contributed by atoms with E-state index >= 15 is 0 Å². The summed E-state index contributed by atoms with van der Waals surface area (Å²) in [4.78, 5) is 21.6. The maximum absolute atomic E-state index is 12.5. The zero-order valence-corrected chi connectivity index (χ0v) is 20.0. The van der Waals surface area contributed by atoms with Crippen LogP contribution in [0.5, 0.6) is 5.75 Å². The summed E-state index contributed by atoms with van der Waals surface area (Å²) < 4.78 is 12.7. The Hall–Kier alpha value is -4.39. The topological polar surface area (TPSA) is 116 Å². The number of amides is 1. The molecule has 4 rings (SSSR count). The molecule has 0 aliphatic heterocycles. The first-order valence-corrected chi connectivity index (χ1v) is 11.5. The van der Waals surface area contributed by atoms with Crippen LogP contribution in [0.15, 0.2) is 61.1 Å². The molecule has 0 spiro atoms. The molecule has 2 aromatic carbocycles. The fraction of sp³-hybridized carbons (Fsp3) is 0.222. The Morgan fingerprint density at radius 1 is 1.17 bits per heavy atom. The minimum atomic E-state index is -0.149. The molecular formula is C27H28N6O3. The number of carbonyl (C=O) groups is 1. The molecule has 0 saturated carbocycles. The molecule has 9 heteroatoms. The second-order valence-electron chi connectivity index (χ2n) is 7.94. The van der Waals surface area contributed by atoms with E-state index in [-0.39, 0.29) is 12.5 Å². The number of rotatable bonds is 11. The average molecular weight is 485 g/mol. The Bertz CT molecular complexity index is 1370. The van der Waals surface area contributed by atoms with Gasteiger partial charge in [0.15, 0.2) is 11.5 Å². The van der Waals surface area contributed by atoms with E-state index in [0.717, 1.165) is 22.5 Å². The number of benzene rings is 2. The van der Waals surface area contributed by atoms with Gasteiger partial charge >= 0.3 is 0 Å². The molecule has 2 heterocycles. The lowest BCUT2D eigenvalue weighted by atomic mass is 10.1. The van der Waals surface area contributed by atoms with Gasteiger partial charge < -0.3 is 25.8 Å². The SMILES string of the molecule is C#CCOc1ccc(-c2cnc3c(Nc4ccc(C(=O)NCCOCCN)c(C)c4)nccn23)cc1. The van der Waals surface area contributed by atoms with Gasteiger partial charge in [0.2, 0.25) is 0 Å². The van der Waals surface area contributed by atoms with Gasteiger partial charge in [0.1, 0.15) is 12.4 Å². The highest BCUT2D eigenvalue weighted by Gasteiger charge is 2.13. The minimum absolute atomic E-state index is 0.149. The highest BCUT2D eigenvalue weighted by Crippen LogP contribution is 2.27. The van der Waals surface area contributed by atoms with Crippen molar-refractivity contribution in [2.45, 2.75) is 6.92 Å². The standard InChI is InChI=1S/C27H28N6O3/c1-3-14-36-22-7-4-20(5-8-22)24-18-31-26-25(29-11-13-33(24)26)32-21-6-9-23(19(2)17-21)27(34)30-12-16-35-15-10-28/h1,4-9,11,13,17-18H,10,12,14-16,28H2,2H3,(H,29,32)(H,30,34). The molecule has 0 fully saturated rings. The number of terminal acetylenes is 1. The number of anilines is 2. The predicted molar refractivity (Wildman–Crippen MR) is 139 cm³/mol. The van der Waals surface area contributed by atoms with Crippen LogP contribution < -0.4 is 21.1 Å². The summed E-state index contributed by atoms with van der Waals surface area (Å²) in [5, 5.41) is 6.18. The number of aryl methyl sites for hydroxylation is 1. The van der Waals surface area contributed by atoms with Gasteiger partial charge in [0.05, 0.1) is 25.1 Å². The number of nitrogens with one attached hydrogen (secondary N) is 2. The summed E-state index contributed by atoms with van der Waals surface area (Å²) in [6.45, 7) is 3.90. The number of aromatic nitrogens is 3. The normalized spacial score (nSPS) is 10.7. The Morgan fingerprint density at radius 3 is 2.75 bits per heavy atom. The second kappa shape index (κ2) is 11.8. The molecule has 0 aliphatic carbocycles. The number of ether oxygens (including phenoxy) is 2. The van der Waals surface area contributed by atoms with Gasteiger partial charge in [0, 0.05) is 42.3 Å². The minimum Gasteiger partial charge on any atom is -0.481 e. The molecule has 9 nitrogen and oxygen atoms in total. The van der Waals surface area contributed by atoms with Crippen LogP contribution in [0.25, 0.3) is 16.9 Å². The number of carbonyl (C=O) groups excluding carboxylic acids is 1. The van der Waals surface area contributed by atoms with Gasteiger partial charge in [0.25, 0.3) is 5.91 Å². The molecule has 2 aromatic heterocycles. The lowest BCUT2D eigenvalue weighted by Crippen LogP contribution is -2.28. The molecule has 0 saturated heterocycles. The number of imidazole rings is 1. The third-order valence-electron chi connectivity index (χ3n) is 5.43. The van der Waals surface area contributed by atoms with E-state index in [2.05, 4.69) is 26.5 Å². The van der Waals surface area contributed by atoms with Crippen molar-refractivity contribution in [1.29, 1.82) is 0 Å². The third kappa shape index (κ3) is 5.81. The Morgan fingerprint density at radius 2 is 2.00 bits per heavy atom. The van der Waals surface area contributed by atoms with Crippen molar-refractivity contribution in [3.8, 4) is 29.4 Å². The maximum atomic E-state index is 12.5. The van der Waals surface area contributed by atoms with Crippen LogP contribution in [0, 0.1) is 19.3 Å². The lowest BCUT2D eigenvalue weighted by Gasteiger charge is -2.12. The first-order valence-electron chi connectivity index (χ1n) is 11.5. The number of nitrogens with two attached hydrogens (primary N) is 1. The first kappa shape index (κ1) is 24.7. The average Bonchev–Trinajstić information content (AvgIpc) is 3.33. The summed E-state index contributed by atoms with van der Waals surface area (Å²) >= 11 is 0. The smallest absolute Gasteiger partial charge is 0.251 e. The van der Waals surface area contributed by atoms with Crippen molar-refractivity contribution in [3.63, 3.8) is 0 Å². The van der Waals surface area contributed by atoms with E-state index in [0.29, 0.717) is 49.1 Å². The largest absolute Gasteiger partial charge is 0.481 e. The molecule has 1 amide bonds. The monoisotopic (exact) mass is 484 g/mol. The molecule has 0 bridgehead atoms. The molecule has 0 unspecified atom stereocenters. The summed E-state index contributed by atoms with van der Waals surface area (Å²) in [6, 6.07) is 13.2. The third-order valence-corrected chi connectivity index (χ3v) is 5.43. The summed E-state index contributed by atoms with van der Waals surface area (Å²) in [6.07, 6.45) is 10.6. The van der Waals surface area contributed by atoms with Crippen molar-refractivity contribution < 1.29 is 14.3 Å². The Kier molecular flexibility index (Phi) is 8.13. The molecule has 0 radical (unpaired) electrons. The van der Waals surface area contributed by atoms with Crippen molar-refractivity contribution in [2.24, 2.45) is 5.73 Å². The van der Waals surface area contributed by atoms with Gasteiger partial charge in [-0.1, -0.05) is 5.92 Å². The van der Waals surface area contributed by atoms with Crippen molar-refractivity contribution in [2.75, 3.05) is 38.2 Å². The second-order valence-corrected chi connectivity index (χ2v) is 7.94. The predicted octanol–water partition coefficient (Wildman–Crippen LogP) is 3.17. The number of hydrogen-bond acceptors (Lipinski definition) is 7. The van der Waals surface area contributed by atoms with Crippen LogP contribution in [-0.4, -0.2) is 53.2 Å². The molecule has 36 heavy (non-hydrogen) atoms. The molecule has 184 valence electrons. The van der Waals surface area contributed by atoms with Crippen molar-refractivity contribution >= 4 is 23.1 Å². The van der Waals surface area contributed by atoms with Crippen molar-refractivity contribution in [3.05, 3.63) is 72.2 Å². The molecule has 4 aromatic rings. The Balaban J connectivity index is 1.48. The van der Waals surface area contributed by atoms with E-state index in [9.17, 15) is 4.79 Å². The lowest BCUT2D eigenvalue weighted by molar-refractivity contribution is 0.0919. The highest BCUT2D eigenvalue weighted by atomic mass is 16.5. The van der Waals surface area contributed by atoms with Crippen LogP contribution in [0.2, 0.25) is 0 Å². The van der Waals surface area contributed by atoms with Gasteiger partial charge in [-0.05, 0) is 55.0 Å². The quantitative estimate of drug-likeness (QED) is 0.221. The number of hydrogen-bond donors (Lipinski definition) is 3. The van der Waals surface area contributed by atoms with Gasteiger partial charge in [-0.25, -0.2) is 9.97 Å². The first-order chi connectivity index (χ1) is 17.6. The molecule has 0 aliphatic rings. The summed E-state index contributed by atoms with van der Waals surface area (Å²) in [5.41, 5.74) is 10.2. The zero-order valence-electron chi connectivity index (χ0n) is 20.0. The van der Waals surface area contributed by atoms with Crippen LogP contribution in [-0.2, 0) is 4.74 Å². The zero-order chi connectivity index (χ0) is 25.3. The summed E-state index contributed by atoms with van der Waals surface area (Å²) in [5.74, 6) is 3.62. The van der Waals surface area contributed by atoms with E-state index < -0.39 is 0 Å². The molecule has 0 atom stereocenters. The van der Waals surface area contributed by atoms with Gasteiger partial charge in [-0.3, -0.25) is 9.20 Å². The van der Waals surface area contributed by atoms with Crippen LogP contribution >= 0.6 is 0 Å². The highest BCUT2D eigenvalue weighted by molar-refractivity contribution is 5.96. The van der Waals surface area contributed by atoms with E-state index in [1.165, 1.54) is 0 Å². The van der Waals surface area contributed by atoms with Crippen molar-refractivity contribution in [1.82, 2.24) is 19.7 Å². The number of nitrogens with zero attached hydrogens (tertiary/aromatic N) is 3.